The first-order chi connectivity index (χ1) is 16.5. The summed E-state index contributed by atoms with van der Waals surface area (Å²) in [6.45, 7) is 0. The number of hydrogen-bond acceptors (Lipinski definition) is 6. The van der Waals surface area contributed by atoms with Crippen molar-refractivity contribution in [1.29, 1.82) is 0 Å². The smallest absolute Gasteiger partial charge is 0.258 e. The molecule has 0 saturated carbocycles. The zero-order valence-electron chi connectivity index (χ0n) is 18.2. The summed E-state index contributed by atoms with van der Waals surface area (Å²) in [4.78, 5) is 45.7. The highest BCUT2D eigenvalue weighted by molar-refractivity contribution is 6.08. The molecule has 1 aliphatic heterocycles. The first-order valence-corrected chi connectivity index (χ1v) is 10.7. The van der Waals surface area contributed by atoms with E-state index in [1.807, 2.05) is 42.5 Å². The summed E-state index contributed by atoms with van der Waals surface area (Å²) < 4.78 is 5.31. The second-order valence-corrected chi connectivity index (χ2v) is 7.82. The third-order valence-corrected chi connectivity index (χ3v) is 5.68. The molecule has 0 bridgehead atoms. The summed E-state index contributed by atoms with van der Waals surface area (Å²) in [5.41, 5.74) is 0.790. The molecule has 4 aromatic rings. The van der Waals surface area contributed by atoms with E-state index in [0.717, 1.165) is 10.8 Å². The molecular weight excluding hydrogens is 434 g/mol. The van der Waals surface area contributed by atoms with Crippen molar-refractivity contribution in [3.8, 4) is 5.75 Å². The van der Waals surface area contributed by atoms with Gasteiger partial charge in [-0.25, -0.2) is 0 Å². The van der Waals surface area contributed by atoms with E-state index in [0.29, 0.717) is 17.1 Å². The van der Waals surface area contributed by atoms with E-state index in [2.05, 4.69) is 25.9 Å². The van der Waals surface area contributed by atoms with Crippen molar-refractivity contribution in [3.05, 3.63) is 82.6 Å². The summed E-state index contributed by atoms with van der Waals surface area (Å²) in [5, 5.41) is 10.3. The van der Waals surface area contributed by atoms with Gasteiger partial charge in [0.1, 0.15) is 11.6 Å². The van der Waals surface area contributed by atoms with Crippen molar-refractivity contribution in [1.82, 2.24) is 9.97 Å². The molecular formula is C25H21N5O4. The maximum atomic E-state index is 13.2. The Bertz CT molecular complexity index is 1470. The SMILES string of the molecule is COc1ccccc1Nc1nc2c(c(=O)[nH]1)[C@H](C(=O)Nc1cccc3ccccc13)CC(=O)N2. The van der Waals surface area contributed by atoms with Crippen LogP contribution < -0.4 is 26.2 Å². The Kier molecular flexibility index (Phi) is 5.43. The molecule has 1 aromatic heterocycles. The molecule has 2 heterocycles. The van der Waals surface area contributed by atoms with Crippen LogP contribution >= 0.6 is 0 Å². The summed E-state index contributed by atoms with van der Waals surface area (Å²) in [6, 6.07) is 20.3. The molecule has 4 N–H and O–H groups in total. The summed E-state index contributed by atoms with van der Waals surface area (Å²) in [6.07, 6.45) is -0.159. The van der Waals surface area contributed by atoms with Gasteiger partial charge in [-0.15, -0.1) is 0 Å². The highest BCUT2D eigenvalue weighted by Gasteiger charge is 2.35. The fourth-order valence-electron chi connectivity index (χ4n) is 4.08. The number of anilines is 4. The molecule has 0 radical (unpaired) electrons. The van der Waals surface area contributed by atoms with Crippen LogP contribution in [-0.4, -0.2) is 28.9 Å². The minimum Gasteiger partial charge on any atom is -0.495 e. The van der Waals surface area contributed by atoms with Crippen molar-refractivity contribution in [2.45, 2.75) is 12.3 Å². The van der Waals surface area contributed by atoms with Gasteiger partial charge in [-0.2, -0.15) is 4.98 Å². The lowest BCUT2D eigenvalue weighted by atomic mass is 9.92. The van der Waals surface area contributed by atoms with Crippen molar-refractivity contribution in [2.24, 2.45) is 0 Å². The Balaban J connectivity index is 1.47. The van der Waals surface area contributed by atoms with Gasteiger partial charge in [0.2, 0.25) is 17.8 Å². The average Bonchev–Trinajstić information content (AvgIpc) is 2.84. The van der Waals surface area contributed by atoms with Crippen molar-refractivity contribution in [3.63, 3.8) is 0 Å². The monoisotopic (exact) mass is 455 g/mol. The highest BCUT2D eigenvalue weighted by atomic mass is 16.5. The van der Waals surface area contributed by atoms with E-state index in [4.69, 9.17) is 4.74 Å². The number of ether oxygens (including phenoxy) is 1. The number of nitrogens with one attached hydrogen (secondary N) is 4. The average molecular weight is 455 g/mol. The molecule has 0 unspecified atom stereocenters. The molecule has 1 aliphatic rings. The first kappa shape index (κ1) is 21.2. The number of fused-ring (bicyclic) bond motifs is 2. The molecule has 5 rings (SSSR count). The zero-order chi connectivity index (χ0) is 23.7. The molecule has 0 saturated heterocycles. The third kappa shape index (κ3) is 3.95. The predicted molar refractivity (Wildman–Crippen MR) is 130 cm³/mol. The number of para-hydroxylation sites is 2. The summed E-state index contributed by atoms with van der Waals surface area (Å²) in [7, 11) is 1.53. The molecule has 0 aliphatic carbocycles. The van der Waals surface area contributed by atoms with Crippen molar-refractivity contribution >= 4 is 45.7 Å². The number of H-pyrrole nitrogens is 1. The van der Waals surface area contributed by atoms with Crippen LogP contribution in [0, 0.1) is 0 Å². The van der Waals surface area contributed by atoms with Gasteiger partial charge >= 0.3 is 0 Å². The van der Waals surface area contributed by atoms with Gasteiger partial charge in [0, 0.05) is 17.5 Å². The normalized spacial score (nSPS) is 14.7. The van der Waals surface area contributed by atoms with Gasteiger partial charge < -0.3 is 20.7 Å². The van der Waals surface area contributed by atoms with Crippen LogP contribution in [-0.2, 0) is 9.59 Å². The lowest BCUT2D eigenvalue weighted by Gasteiger charge is -2.24. The van der Waals surface area contributed by atoms with Crippen LogP contribution in [0.4, 0.5) is 23.1 Å². The largest absolute Gasteiger partial charge is 0.495 e. The van der Waals surface area contributed by atoms with Crippen LogP contribution in [0.25, 0.3) is 10.8 Å². The fraction of sp³-hybridized carbons (Fsp3) is 0.120. The number of amides is 2. The Morgan fingerprint density at radius 2 is 1.74 bits per heavy atom. The van der Waals surface area contributed by atoms with Gasteiger partial charge in [0.25, 0.3) is 5.56 Å². The van der Waals surface area contributed by atoms with Crippen LogP contribution in [0.2, 0.25) is 0 Å². The fourth-order valence-corrected chi connectivity index (χ4v) is 4.08. The lowest BCUT2D eigenvalue weighted by Crippen LogP contribution is -2.36. The number of aromatic amines is 1. The van der Waals surface area contributed by atoms with E-state index in [1.165, 1.54) is 7.11 Å². The quantitative estimate of drug-likeness (QED) is 0.363. The Morgan fingerprint density at radius 1 is 1.00 bits per heavy atom. The van der Waals surface area contributed by atoms with Crippen LogP contribution in [0.3, 0.4) is 0 Å². The second kappa shape index (κ2) is 8.70. The standard InChI is InChI=1S/C25H21N5O4/c1-34-19-12-5-4-10-18(19)27-25-29-22-21(24(33)30-25)16(13-20(31)28-22)23(32)26-17-11-6-8-14-7-2-3-9-15(14)17/h2-12,16H,13H2,1H3,(H,26,32)(H3,27,28,29,30,31,33)/t16-/m1/s1. The predicted octanol–water partition coefficient (Wildman–Crippen LogP) is 3.74. The number of hydrogen-bond donors (Lipinski definition) is 4. The van der Waals surface area contributed by atoms with Gasteiger partial charge in [-0.1, -0.05) is 48.5 Å². The number of aromatic nitrogens is 2. The molecule has 0 spiro atoms. The van der Waals surface area contributed by atoms with E-state index in [-0.39, 0.29) is 23.8 Å². The molecule has 9 nitrogen and oxygen atoms in total. The zero-order valence-corrected chi connectivity index (χ0v) is 18.2. The maximum absolute atomic E-state index is 13.2. The minimum absolute atomic E-state index is 0.0514. The summed E-state index contributed by atoms with van der Waals surface area (Å²) in [5.74, 6) is -1.12. The molecule has 9 heteroatoms. The second-order valence-electron chi connectivity index (χ2n) is 7.82. The topological polar surface area (TPSA) is 125 Å². The van der Waals surface area contributed by atoms with E-state index in [1.54, 1.807) is 24.3 Å². The molecule has 1 atom stereocenters. The van der Waals surface area contributed by atoms with Crippen LogP contribution in [0.1, 0.15) is 17.9 Å². The number of benzene rings is 3. The molecule has 170 valence electrons. The van der Waals surface area contributed by atoms with Gasteiger partial charge in [0.05, 0.1) is 24.3 Å². The number of carbonyl (C=O) groups excluding carboxylic acids is 2. The molecule has 3 aromatic carbocycles. The van der Waals surface area contributed by atoms with Crippen LogP contribution in [0.15, 0.2) is 71.5 Å². The van der Waals surface area contributed by atoms with Crippen molar-refractivity contribution in [2.75, 3.05) is 23.1 Å². The Hall–Kier alpha value is -4.66. The number of rotatable bonds is 5. The third-order valence-electron chi connectivity index (χ3n) is 5.68. The first-order valence-electron chi connectivity index (χ1n) is 10.7. The van der Waals surface area contributed by atoms with Gasteiger partial charge in [-0.05, 0) is 23.6 Å². The highest BCUT2D eigenvalue weighted by Crippen LogP contribution is 2.32. The van der Waals surface area contributed by atoms with Gasteiger partial charge in [0.15, 0.2) is 0 Å². The summed E-state index contributed by atoms with van der Waals surface area (Å²) >= 11 is 0. The van der Waals surface area contributed by atoms with E-state index < -0.39 is 23.3 Å². The number of methoxy groups -OCH3 is 1. The van der Waals surface area contributed by atoms with E-state index in [9.17, 15) is 14.4 Å². The maximum Gasteiger partial charge on any atom is 0.258 e. The number of carbonyl (C=O) groups is 2. The van der Waals surface area contributed by atoms with Crippen molar-refractivity contribution < 1.29 is 14.3 Å². The lowest BCUT2D eigenvalue weighted by molar-refractivity contribution is -0.123. The number of nitrogens with zero attached hydrogens (tertiary/aromatic N) is 1. The molecule has 34 heavy (non-hydrogen) atoms. The molecule has 0 fully saturated rings. The minimum atomic E-state index is -0.987. The van der Waals surface area contributed by atoms with Crippen LogP contribution in [0.5, 0.6) is 5.75 Å². The molecule has 2 amide bonds. The Morgan fingerprint density at radius 3 is 2.59 bits per heavy atom. The Labute approximate surface area is 194 Å². The van der Waals surface area contributed by atoms with Gasteiger partial charge in [-0.3, -0.25) is 19.4 Å². The van der Waals surface area contributed by atoms with E-state index >= 15 is 0 Å².